The number of nitrogens with zero attached hydrogens (tertiary/aromatic N) is 1. The summed E-state index contributed by atoms with van der Waals surface area (Å²) >= 11 is 0. The molecule has 6 nitrogen and oxygen atoms in total. The van der Waals surface area contributed by atoms with Crippen LogP contribution in [0.25, 0.3) is 5.57 Å². The van der Waals surface area contributed by atoms with Gasteiger partial charge in [-0.15, -0.1) is 0 Å². The number of hydrogen-bond donors (Lipinski definition) is 1. The van der Waals surface area contributed by atoms with Gasteiger partial charge in [0.1, 0.15) is 17.2 Å². The van der Waals surface area contributed by atoms with Crippen LogP contribution in [-0.4, -0.2) is 38.0 Å². The Kier molecular flexibility index (Phi) is 4.90. The van der Waals surface area contributed by atoms with Gasteiger partial charge >= 0.3 is 0 Å². The average molecular weight is 366 g/mol. The molecule has 0 radical (unpaired) electrons. The van der Waals surface area contributed by atoms with Crippen molar-refractivity contribution in [3.8, 4) is 11.5 Å². The molecule has 2 amide bonds. The molecule has 1 heterocycles. The summed E-state index contributed by atoms with van der Waals surface area (Å²) in [6.07, 6.45) is 0. The van der Waals surface area contributed by atoms with E-state index in [1.807, 2.05) is 32.0 Å². The summed E-state index contributed by atoms with van der Waals surface area (Å²) in [5, 5.41) is 3.09. The predicted molar refractivity (Wildman–Crippen MR) is 104 cm³/mol. The average Bonchev–Trinajstić information content (AvgIpc) is 2.88. The number of carbonyl (C=O) groups excluding carboxylic acids is 2. The molecule has 0 fully saturated rings. The number of amides is 2. The number of methoxy groups -OCH3 is 2. The predicted octanol–water partition coefficient (Wildman–Crippen LogP) is 3.14. The molecule has 27 heavy (non-hydrogen) atoms. The number of nitrogens with one attached hydrogen (secondary N) is 1. The van der Waals surface area contributed by atoms with Crippen LogP contribution in [0.15, 0.2) is 42.1 Å². The zero-order valence-electron chi connectivity index (χ0n) is 16.0. The van der Waals surface area contributed by atoms with Crippen LogP contribution in [-0.2, 0) is 9.59 Å². The quantitative estimate of drug-likeness (QED) is 0.824. The first-order chi connectivity index (χ1) is 12.9. The topological polar surface area (TPSA) is 67.9 Å². The number of rotatable bonds is 5. The molecule has 1 aliphatic heterocycles. The lowest BCUT2D eigenvalue weighted by atomic mass is 9.99. The second kappa shape index (κ2) is 7.15. The van der Waals surface area contributed by atoms with Gasteiger partial charge in [0.25, 0.3) is 11.8 Å². The molecule has 1 N–H and O–H groups in total. The van der Waals surface area contributed by atoms with Crippen molar-refractivity contribution in [2.75, 3.05) is 26.6 Å². The molecule has 2 aromatic carbocycles. The Morgan fingerprint density at radius 3 is 2.26 bits per heavy atom. The Morgan fingerprint density at radius 1 is 0.889 bits per heavy atom. The highest BCUT2D eigenvalue weighted by Gasteiger charge is 2.37. The standard InChI is InChI=1S/C21H22N2O4/c1-12-6-7-14(10-13(12)2)18-19(21(25)23(3)20(18)24)22-16-9-8-15(26-4)11-17(16)27-5/h6-11,22H,1-5H3. The van der Waals surface area contributed by atoms with Crippen LogP contribution in [0.1, 0.15) is 16.7 Å². The number of hydrogen-bond acceptors (Lipinski definition) is 5. The summed E-state index contributed by atoms with van der Waals surface area (Å²) in [4.78, 5) is 26.5. The highest BCUT2D eigenvalue weighted by atomic mass is 16.5. The van der Waals surface area contributed by atoms with E-state index in [1.165, 1.54) is 14.2 Å². The maximum Gasteiger partial charge on any atom is 0.277 e. The van der Waals surface area contributed by atoms with Gasteiger partial charge in [0.15, 0.2) is 0 Å². The van der Waals surface area contributed by atoms with Gasteiger partial charge in [-0.05, 0) is 42.7 Å². The molecular weight excluding hydrogens is 344 g/mol. The number of imide groups is 1. The van der Waals surface area contributed by atoms with Crippen LogP contribution in [0.5, 0.6) is 11.5 Å². The fourth-order valence-electron chi connectivity index (χ4n) is 2.96. The molecule has 0 saturated heterocycles. The third-order valence-electron chi connectivity index (χ3n) is 4.75. The molecule has 3 rings (SSSR count). The Balaban J connectivity index is 2.11. The van der Waals surface area contributed by atoms with E-state index >= 15 is 0 Å². The van der Waals surface area contributed by atoms with E-state index in [-0.39, 0.29) is 17.5 Å². The molecule has 0 spiro atoms. The van der Waals surface area contributed by atoms with Crippen molar-refractivity contribution in [1.82, 2.24) is 4.90 Å². The van der Waals surface area contributed by atoms with E-state index in [0.29, 0.717) is 28.3 Å². The Bertz CT molecular complexity index is 963. The Hall–Kier alpha value is -3.28. The van der Waals surface area contributed by atoms with Crippen LogP contribution in [0.4, 0.5) is 5.69 Å². The van der Waals surface area contributed by atoms with Crippen LogP contribution < -0.4 is 14.8 Å². The van der Waals surface area contributed by atoms with Crippen molar-refractivity contribution in [3.05, 3.63) is 58.8 Å². The smallest absolute Gasteiger partial charge is 0.277 e. The SMILES string of the molecule is COc1ccc(NC2=C(c3ccc(C)c(C)c3)C(=O)N(C)C2=O)c(OC)c1. The zero-order valence-corrected chi connectivity index (χ0v) is 16.0. The first kappa shape index (κ1) is 18.5. The molecule has 0 unspecified atom stereocenters. The van der Waals surface area contributed by atoms with Crippen molar-refractivity contribution in [2.24, 2.45) is 0 Å². The van der Waals surface area contributed by atoms with Gasteiger partial charge in [-0.25, -0.2) is 0 Å². The second-order valence-electron chi connectivity index (χ2n) is 6.41. The molecule has 140 valence electrons. The van der Waals surface area contributed by atoms with Crippen molar-refractivity contribution >= 4 is 23.1 Å². The van der Waals surface area contributed by atoms with Crippen molar-refractivity contribution in [2.45, 2.75) is 13.8 Å². The molecule has 6 heteroatoms. The minimum absolute atomic E-state index is 0.231. The van der Waals surface area contributed by atoms with Crippen LogP contribution in [0, 0.1) is 13.8 Å². The second-order valence-corrected chi connectivity index (χ2v) is 6.41. The molecule has 2 aromatic rings. The highest BCUT2D eigenvalue weighted by Crippen LogP contribution is 2.35. The van der Waals surface area contributed by atoms with Crippen LogP contribution in [0.2, 0.25) is 0 Å². The lowest BCUT2D eigenvalue weighted by molar-refractivity contribution is -0.135. The minimum atomic E-state index is -0.383. The molecule has 0 bridgehead atoms. The van der Waals surface area contributed by atoms with E-state index in [9.17, 15) is 9.59 Å². The van der Waals surface area contributed by atoms with E-state index in [4.69, 9.17) is 9.47 Å². The third-order valence-corrected chi connectivity index (χ3v) is 4.75. The third kappa shape index (κ3) is 3.26. The molecule has 0 saturated carbocycles. The van der Waals surface area contributed by atoms with Crippen LogP contribution >= 0.6 is 0 Å². The van der Waals surface area contributed by atoms with Gasteiger partial charge < -0.3 is 14.8 Å². The normalized spacial score (nSPS) is 14.0. The van der Waals surface area contributed by atoms with Crippen LogP contribution in [0.3, 0.4) is 0 Å². The molecule has 0 aromatic heterocycles. The lowest BCUT2D eigenvalue weighted by Gasteiger charge is -2.14. The largest absolute Gasteiger partial charge is 0.497 e. The first-order valence-electron chi connectivity index (χ1n) is 8.50. The molecular formula is C21H22N2O4. The summed E-state index contributed by atoms with van der Waals surface area (Å²) in [7, 11) is 4.58. The maximum atomic E-state index is 12.7. The maximum absolute atomic E-state index is 12.7. The van der Waals surface area contributed by atoms with Gasteiger partial charge in [-0.2, -0.15) is 0 Å². The summed E-state index contributed by atoms with van der Waals surface area (Å²) in [6, 6.07) is 10.9. The van der Waals surface area contributed by atoms with Gasteiger partial charge in [0.05, 0.1) is 25.5 Å². The van der Waals surface area contributed by atoms with Gasteiger partial charge in [0, 0.05) is 13.1 Å². The minimum Gasteiger partial charge on any atom is -0.497 e. The summed E-state index contributed by atoms with van der Waals surface area (Å²) in [5.74, 6) is 0.423. The summed E-state index contributed by atoms with van der Waals surface area (Å²) in [5.41, 5.74) is 4.03. The van der Waals surface area contributed by atoms with Gasteiger partial charge in [-0.3, -0.25) is 14.5 Å². The van der Waals surface area contributed by atoms with Crippen molar-refractivity contribution < 1.29 is 19.1 Å². The van der Waals surface area contributed by atoms with E-state index in [2.05, 4.69) is 5.32 Å². The summed E-state index contributed by atoms with van der Waals surface area (Å²) in [6.45, 7) is 3.98. The number of benzene rings is 2. The van der Waals surface area contributed by atoms with E-state index in [0.717, 1.165) is 16.0 Å². The summed E-state index contributed by atoms with van der Waals surface area (Å²) < 4.78 is 10.6. The molecule has 0 aliphatic carbocycles. The van der Waals surface area contributed by atoms with E-state index in [1.54, 1.807) is 25.3 Å². The zero-order chi connectivity index (χ0) is 19.7. The number of aryl methyl sites for hydroxylation is 2. The Morgan fingerprint density at radius 2 is 1.63 bits per heavy atom. The van der Waals surface area contributed by atoms with Gasteiger partial charge in [0.2, 0.25) is 0 Å². The highest BCUT2D eigenvalue weighted by molar-refractivity contribution is 6.36. The Labute approximate surface area is 158 Å². The monoisotopic (exact) mass is 366 g/mol. The fourth-order valence-corrected chi connectivity index (χ4v) is 2.96. The lowest BCUT2D eigenvalue weighted by Crippen LogP contribution is -2.28. The number of likely N-dealkylation sites (N-methyl/N-ethyl adjacent to an activating group) is 1. The fraction of sp³-hybridized carbons (Fsp3) is 0.238. The molecule has 0 atom stereocenters. The number of anilines is 1. The van der Waals surface area contributed by atoms with Gasteiger partial charge in [-0.1, -0.05) is 18.2 Å². The van der Waals surface area contributed by atoms with Crippen molar-refractivity contribution in [1.29, 1.82) is 0 Å². The molecule has 1 aliphatic rings. The number of carbonyl (C=O) groups is 2. The van der Waals surface area contributed by atoms with E-state index < -0.39 is 0 Å². The number of ether oxygens (including phenoxy) is 2. The van der Waals surface area contributed by atoms with Crippen molar-refractivity contribution in [3.63, 3.8) is 0 Å². The first-order valence-corrected chi connectivity index (χ1v) is 8.50.